The summed E-state index contributed by atoms with van der Waals surface area (Å²) in [6.45, 7) is 0. The zero-order valence-corrected chi connectivity index (χ0v) is 11.8. The predicted octanol–water partition coefficient (Wildman–Crippen LogP) is 4.53. The van der Waals surface area contributed by atoms with Crippen molar-refractivity contribution in [3.05, 3.63) is 70.3 Å². The molecule has 0 aliphatic carbocycles. The van der Waals surface area contributed by atoms with Crippen molar-refractivity contribution in [3.63, 3.8) is 0 Å². The highest BCUT2D eigenvalue weighted by molar-refractivity contribution is 9.10. The molecule has 0 amide bonds. The Labute approximate surface area is 115 Å². The van der Waals surface area contributed by atoms with Gasteiger partial charge in [-0.05, 0) is 35.2 Å². The van der Waals surface area contributed by atoms with Crippen molar-refractivity contribution in [1.82, 2.24) is 4.57 Å². The molecule has 0 radical (unpaired) electrons. The largest absolute Gasteiger partial charge is 0.347 e. The normalized spacial score (nSPS) is 11.0. The second-order valence-electron chi connectivity index (χ2n) is 4.56. The molecular weight excluding hydrogens is 286 g/mol. The molecule has 1 heterocycles. The molecular formula is C16H14BrN. The zero-order chi connectivity index (χ0) is 12.5. The minimum absolute atomic E-state index is 0.971. The Balaban J connectivity index is 1.99. The molecule has 1 aromatic heterocycles. The Morgan fingerprint density at radius 3 is 2.44 bits per heavy atom. The SMILES string of the molecule is Cn1c(Cc2ccc(Br)cc2)cc2ccccc21. The molecule has 18 heavy (non-hydrogen) atoms. The minimum atomic E-state index is 0.971. The molecule has 0 aliphatic rings. The van der Waals surface area contributed by atoms with Crippen molar-refractivity contribution in [2.75, 3.05) is 0 Å². The van der Waals surface area contributed by atoms with Crippen LogP contribution in [0.15, 0.2) is 59.1 Å². The second-order valence-corrected chi connectivity index (χ2v) is 5.47. The van der Waals surface area contributed by atoms with Crippen molar-refractivity contribution >= 4 is 26.8 Å². The van der Waals surface area contributed by atoms with E-state index in [-0.39, 0.29) is 0 Å². The van der Waals surface area contributed by atoms with Crippen molar-refractivity contribution in [1.29, 1.82) is 0 Å². The molecule has 90 valence electrons. The van der Waals surface area contributed by atoms with Gasteiger partial charge in [-0.2, -0.15) is 0 Å². The maximum absolute atomic E-state index is 3.47. The van der Waals surface area contributed by atoms with Gasteiger partial charge in [-0.3, -0.25) is 0 Å². The number of halogens is 1. The van der Waals surface area contributed by atoms with Crippen LogP contribution in [0.25, 0.3) is 10.9 Å². The van der Waals surface area contributed by atoms with Crippen LogP contribution < -0.4 is 0 Å². The summed E-state index contributed by atoms with van der Waals surface area (Å²) in [5.41, 5.74) is 3.98. The molecule has 0 fully saturated rings. The summed E-state index contributed by atoms with van der Waals surface area (Å²) in [7, 11) is 2.14. The Kier molecular flexibility index (Phi) is 2.96. The van der Waals surface area contributed by atoms with Crippen molar-refractivity contribution in [2.45, 2.75) is 6.42 Å². The van der Waals surface area contributed by atoms with Gasteiger partial charge < -0.3 is 4.57 Å². The predicted molar refractivity (Wildman–Crippen MR) is 79.9 cm³/mol. The van der Waals surface area contributed by atoms with E-state index in [0.717, 1.165) is 10.9 Å². The number of fused-ring (bicyclic) bond motifs is 1. The first kappa shape index (κ1) is 11.5. The molecule has 0 bridgehead atoms. The standard InChI is InChI=1S/C16H14BrN/c1-18-15(10-12-6-8-14(17)9-7-12)11-13-4-2-3-5-16(13)18/h2-9,11H,10H2,1H3. The van der Waals surface area contributed by atoms with Crippen molar-refractivity contribution in [2.24, 2.45) is 7.05 Å². The van der Waals surface area contributed by atoms with E-state index in [4.69, 9.17) is 0 Å². The fourth-order valence-corrected chi connectivity index (χ4v) is 2.59. The summed E-state index contributed by atoms with van der Waals surface area (Å²) in [5.74, 6) is 0. The molecule has 0 saturated carbocycles. The van der Waals surface area contributed by atoms with Crippen molar-refractivity contribution < 1.29 is 0 Å². The van der Waals surface area contributed by atoms with E-state index in [9.17, 15) is 0 Å². The van der Waals surface area contributed by atoms with E-state index < -0.39 is 0 Å². The quantitative estimate of drug-likeness (QED) is 0.655. The molecule has 0 atom stereocenters. The molecule has 1 nitrogen and oxygen atoms in total. The van der Waals surface area contributed by atoms with Gasteiger partial charge >= 0.3 is 0 Å². The molecule has 2 heteroatoms. The van der Waals surface area contributed by atoms with Gasteiger partial charge in [-0.1, -0.05) is 46.3 Å². The van der Waals surface area contributed by atoms with Crippen LogP contribution in [0, 0.1) is 0 Å². The fourth-order valence-electron chi connectivity index (χ4n) is 2.33. The summed E-state index contributed by atoms with van der Waals surface area (Å²) in [4.78, 5) is 0. The van der Waals surface area contributed by atoms with Crippen LogP contribution in [-0.2, 0) is 13.5 Å². The van der Waals surface area contributed by atoms with Gasteiger partial charge in [-0.25, -0.2) is 0 Å². The first-order chi connectivity index (χ1) is 8.74. The number of rotatable bonds is 2. The van der Waals surface area contributed by atoms with Crippen LogP contribution in [0.3, 0.4) is 0 Å². The lowest BCUT2D eigenvalue weighted by Crippen LogP contribution is -1.97. The highest BCUT2D eigenvalue weighted by Gasteiger charge is 2.05. The lowest BCUT2D eigenvalue weighted by Gasteiger charge is -2.04. The highest BCUT2D eigenvalue weighted by Crippen LogP contribution is 2.21. The van der Waals surface area contributed by atoms with E-state index in [2.05, 4.69) is 82.1 Å². The molecule has 0 aliphatic heterocycles. The Bertz CT molecular complexity index is 680. The molecule has 0 N–H and O–H groups in total. The third kappa shape index (κ3) is 2.08. The van der Waals surface area contributed by atoms with E-state index in [1.807, 2.05) is 0 Å². The summed E-state index contributed by atoms with van der Waals surface area (Å²) < 4.78 is 3.40. The van der Waals surface area contributed by atoms with Crippen molar-refractivity contribution in [3.8, 4) is 0 Å². The van der Waals surface area contributed by atoms with Crippen LogP contribution in [0.1, 0.15) is 11.3 Å². The number of aryl methyl sites for hydroxylation is 1. The smallest absolute Gasteiger partial charge is 0.0479 e. The minimum Gasteiger partial charge on any atom is -0.347 e. The molecule has 0 spiro atoms. The lowest BCUT2D eigenvalue weighted by molar-refractivity contribution is 0.880. The van der Waals surface area contributed by atoms with Crippen LogP contribution in [0.4, 0.5) is 0 Å². The average Bonchev–Trinajstić information content (AvgIpc) is 2.70. The summed E-state index contributed by atoms with van der Waals surface area (Å²) >= 11 is 3.47. The Morgan fingerprint density at radius 2 is 1.72 bits per heavy atom. The molecule has 2 aromatic carbocycles. The summed E-state index contributed by atoms with van der Waals surface area (Å²) in [6.07, 6.45) is 0.971. The van der Waals surface area contributed by atoms with E-state index >= 15 is 0 Å². The average molecular weight is 300 g/mol. The maximum Gasteiger partial charge on any atom is 0.0479 e. The first-order valence-corrected chi connectivity index (χ1v) is 6.81. The highest BCUT2D eigenvalue weighted by atomic mass is 79.9. The third-order valence-electron chi connectivity index (χ3n) is 3.35. The second kappa shape index (κ2) is 4.62. The van der Waals surface area contributed by atoms with E-state index in [1.54, 1.807) is 0 Å². The van der Waals surface area contributed by atoms with Gasteiger partial charge in [0.15, 0.2) is 0 Å². The summed E-state index contributed by atoms with van der Waals surface area (Å²) in [5, 5.41) is 1.31. The maximum atomic E-state index is 3.47. The van der Waals surface area contributed by atoms with Gasteiger partial charge in [0.05, 0.1) is 0 Å². The summed E-state index contributed by atoms with van der Waals surface area (Å²) in [6, 6.07) is 19.3. The number of aromatic nitrogens is 1. The topological polar surface area (TPSA) is 4.93 Å². The van der Waals surface area contributed by atoms with Gasteiger partial charge in [-0.15, -0.1) is 0 Å². The van der Waals surface area contributed by atoms with Gasteiger partial charge in [0.2, 0.25) is 0 Å². The Hall–Kier alpha value is -1.54. The van der Waals surface area contributed by atoms with Crippen LogP contribution in [0.2, 0.25) is 0 Å². The number of nitrogens with zero attached hydrogens (tertiary/aromatic N) is 1. The zero-order valence-electron chi connectivity index (χ0n) is 10.2. The van der Waals surface area contributed by atoms with Gasteiger partial charge in [0.1, 0.15) is 0 Å². The number of hydrogen-bond acceptors (Lipinski definition) is 0. The van der Waals surface area contributed by atoms with Gasteiger partial charge in [0.25, 0.3) is 0 Å². The lowest BCUT2D eigenvalue weighted by atomic mass is 10.1. The first-order valence-electron chi connectivity index (χ1n) is 6.02. The van der Waals surface area contributed by atoms with Gasteiger partial charge in [0, 0.05) is 29.2 Å². The molecule has 0 unspecified atom stereocenters. The van der Waals surface area contributed by atoms with Crippen LogP contribution in [0.5, 0.6) is 0 Å². The van der Waals surface area contributed by atoms with Crippen LogP contribution >= 0.6 is 15.9 Å². The third-order valence-corrected chi connectivity index (χ3v) is 3.88. The number of para-hydroxylation sites is 1. The Morgan fingerprint density at radius 1 is 1.00 bits per heavy atom. The van der Waals surface area contributed by atoms with E-state index in [0.29, 0.717) is 0 Å². The van der Waals surface area contributed by atoms with Crippen LogP contribution in [-0.4, -0.2) is 4.57 Å². The number of hydrogen-bond donors (Lipinski definition) is 0. The monoisotopic (exact) mass is 299 g/mol. The molecule has 3 rings (SSSR count). The number of benzene rings is 2. The molecule has 0 saturated heterocycles. The molecule has 3 aromatic rings. The van der Waals surface area contributed by atoms with E-state index in [1.165, 1.54) is 22.2 Å². The fraction of sp³-hybridized carbons (Fsp3) is 0.125.